The van der Waals surface area contributed by atoms with Crippen LogP contribution >= 0.6 is 0 Å². The summed E-state index contributed by atoms with van der Waals surface area (Å²) in [7, 11) is 1.85. The number of rotatable bonds is 7. The van der Waals surface area contributed by atoms with Crippen molar-refractivity contribution in [3.05, 3.63) is 0 Å². The Morgan fingerprint density at radius 3 is 2.50 bits per heavy atom. The largest absolute Gasteiger partial charge is 0.384 e. The Labute approximate surface area is 112 Å². The van der Waals surface area contributed by atoms with Crippen LogP contribution in [-0.4, -0.2) is 51.3 Å². The Hall–Kier alpha value is -0.120. The van der Waals surface area contributed by atoms with Gasteiger partial charge in [-0.3, -0.25) is 0 Å². The monoisotopic (exact) mass is 254 g/mol. The fourth-order valence-corrected chi connectivity index (χ4v) is 3.43. The first-order valence-electron chi connectivity index (χ1n) is 7.70. The quantitative estimate of drug-likeness (QED) is 0.753. The Balaban J connectivity index is 1.87. The van der Waals surface area contributed by atoms with E-state index in [1.54, 1.807) is 0 Å². The van der Waals surface area contributed by atoms with E-state index in [0.29, 0.717) is 5.41 Å². The van der Waals surface area contributed by atoms with Crippen molar-refractivity contribution in [2.24, 2.45) is 11.3 Å². The lowest BCUT2D eigenvalue weighted by atomic mass is 9.78. The number of piperidine rings is 1. The molecule has 1 aliphatic carbocycles. The minimum Gasteiger partial charge on any atom is -0.384 e. The highest BCUT2D eigenvalue weighted by molar-refractivity contribution is 4.88. The molecule has 1 heterocycles. The summed E-state index contributed by atoms with van der Waals surface area (Å²) in [6, 6.07) is 0. The normalized spacial score (nSPS) is 24.2. The van der Waals surface area contributed by atoms with Crippen LogP contribution in [0.25, 0.3) is 0 Å². The van der Waals surface area contributed by atoms with Crippen molar-refractivity contribution in [2.45, 2.75) is 39.0 Å². The van der Waals surface area contributed by atoms with Gasteiger partial charge in [-0.2, -0.15) is 0 Å². The fourth-order valence-electron chi connectivity index (χ4n) is 3.43. The molecule has 2 rings (SSSR count). The van der Waals surface area contributed by atoms with Gasteiger partial charge in [0.2, 0.25) is 0 Å². The molecule has 0 bridgehead atoms. The maximum absolute atomic E-state index is 5.52. The van der Waals surface area contributed by atoms with Gasteiger partial charge in [0.25, 0.3) is 0 Å². The van der Waals surface area contributed by atoms with Crippen LogP contribution in [0.15, 0.2) is 0 Å². The highest BCUT2D eigenvalue weighted by Crippen LogP contribution is 2.32. The standard InChI is InChI=1S/C15H30N2O/c1-3-17(11-14-5-4-6-14)12-15(13-18-2)7-9-16-10-8-15/h14,16H,3-13H2,1-2H3. The topological polar surface area (TPSA) is 24.5 Å². The second kappa shape index (κ2) is 6.88. The molecule has 3 nitrogen and oxygen atoms in total. The van der Waals surface area contributed by atoms with Gasteiger partial charge in [0.1, 0.15) is 0 Å². The van der Waals surface area contributed by atoms with Crippen LogP contribution in [0.5, 0.6) is 0 Å². The lowest BCUT2D eigenvalue weighted by Gasteiger charge is -2.42. The average molecular weight is 254 g/mol. The molecular formula is C15H30N2O. The van der Waals surface area contributed by atoms with E-state index in [9.17, 15) is 0 Å². The first kappa shape index (κ1) is 14.3. The highest BCUT2D eigenvalue weighted by Gasteiger charge is 2.34. The van der Waals surface area contributed by atoms with Crippen molar-refractivity contribution in [3.8, 4) is 0 Å². The lowest BCUT2D eigenvalue weighted by Crippen LogP contribution is -2.48. The fraction of sp³-hybridized carbons (Fsp3) is 1.00. The first-order chi connectivity index (χ1) is 8.78. The SMILES string of the molecule is CCN(CC1CCC1)CC1(COC)CCNCC1. The Morgan fingerprint density at radius 1 is 1.28 bits per heavy atom. The zero-order chi connectivity index (χ0) is 12.8. The van der Waals surface area contributed by atoms with Gasteiger partial charge < -0.3 is 15.0 Å². The van der Waals surface area contributed by atoms with E-state index >= 15 is 0 Å². The number of nitrogens with zero attached hydrogens (tertiary/aromatic N) is 1. The van der Waals surface area contributed by atoms with Crippen LogP contribution in [0.2, 0.25) is 0 Å². The van der Waals surface area contributed by atoms with Crippen molar-refractivity contribution >= 4 is 0 Å². The molecule has 1 saturated heterocycles. The van der Waals surface area contributed by atoms with Gasteiger partial charge in [0.15, 0.2) is 0 Å². The Morgan fingerprint density at radius 2 is 2.00 bits per heavy atom. The number of hydrogen-bond acceptors (Lipinski definition) is 3. The summed E-state index contributed by atoms with van der Waals surface area (Å²) in [4.78, 5) is 2.67. The van der Waals surface area contributed by atoms with E-state index < -0.39 is 0 Å². The minimum atomic E-state index is 0.403. The Kier molecular flexibility index (Phi) is 5.46. The summed E-state index contributed by atoms with van der Waals surface area (Å²) in [5, 5.41) is 3.48. The van der Waals surface area contributed by atoms with Gasteiger partial charge in [-0.05, 0) is 51.2 Å². The molecule has 0 aromatic heterocycles. The van der Waals surface area contributed by atoms with Crippen LogP contribution in [0, 0.1) is 11.3 Å². The smallest absolute Gasteiger partial charge is 0.0531 e. The molecule has 0 spiro atoms. The van der Waals surface area contributed by atoms with Crippen LogP contribution in [0.4, 0.5) is 0 Å². The molecule has 18 heavy (non-hydrogen) atoms. The van der Waals surface area contributed by atoms with Crippen LogP contribution in [0.1, 0.15) is 39.0 Å². The van der Waals surface area contributed by atoms with Gasteiger partial charge in [0.05, 0.1) is 6.61 Å². The molecule has 1 aliphatic heterocycles. The van der Waals surface area contributed by atoms with E-state index in [-0.39, 0.29) is 0 Å². The summed E-state index contributed by atoms with van der Waals surface area (Å²) in [6.07, 6.45) is 6.89. The molecule has 0 amide bonds. The molecule has 2 fully saturated rings. The average Bonchev–Trinajstić information content (AvgIpc) is 2.33. The molecule has 0 atom stereocenters. The van der Waals surface area contributed by atoms with E-state index in [1.165, 1.54) is 51.7 Å². The molecule has 2 aliphatic rings. The molecule has 0 aromatic carbocycles. The third-order valence-corrected chi connectivity index (χ3v) is 4.86. The number of methoxy groups -OCH3 is 1. The van der Waals surface area contributed by atoms with Gasteiger partial charge in [-0.1, -0.05) is 13.3 Å². The number of nitrogens with one attached hydrogen (secondary N) is 1. The maximum Gasteiger partial charge on any atom is 0.0531 e. The summed E-state index contributed by atoms with van der Waals surface area (Å²) in [5.74, 6) is 0.978. The van der Waals surface area contributed by atoms with Crippen molar-refractivity contribution in [1.29, 1.82) is 0 Å². The van der Waals surface area contributed by atoms with Crippen molar-refractivity contribution in [2.75, 3.05) is 46.4 Å². The minimum absolute atomic E-state index is 0.403. The van der Waals surface area contributed by atoms with Crippen LogP contribution in [0.3, 0.4) is 0 Å². The predicted octanol–water partition coefficient (Wildman–Crippen LogP) is 2.12. The molecule has 0 unspecified atom stereocenters. The third-order valence-electron chi connectivity index (χ3n) is 4.86. The molecule has 3 heteroatoms. The molecule has 0 radical (unpaired) electrons. The zero-order valence-corrected chi connectivity index (χ0v) is 12.2. The predicted molar refractivity (Wildman–Crippen MR) is 75.9 cm³/mol. The summed E-state index contributed by atoms with van der Waals surface area (Å²) < 4.78 is 5.52. The maximum atomic E-state index is 5.52. The second-order valence-corrected chi connectivity index (χ2v) is 6.31. The number of ether oxygens (including phenoxy) is 1. The van der Waals surface area contributed by atoms with E-state index in [4.69, 9.17) is 4.74 Å². The third kappa shape index (κ3) is 3.69. The van der Waals surface area contributed by atoms with Crippen molar-refractivity contribution in [3.63, 3.8) is 0 Å². The summed E-state index contributed by atoms with van der Waals surface area (Å²) >= 11 is 0. The van der Waals surface area contributed by atoms with Crippen molar-refractivity contribution in [1.82, 2.24) is 10.2 Å². The highest BCUT2D eigenvalue weighted by atomic mass is 16.5. The van der Waals surface area contributed by atoms with E-state index in [0.717, 1.165) is 25.6 Å². The molecule has 1 saturated carbocycles. The summed E-state index contributed by atoms with van der Waals surface area (Å²) in [5.41, 5.74) is 0.403. The number of hydrogen-bond donors (Lipinski definition) is 1. The van der Waals surface area contributed by atoms with Gasteiger partial charge >= 0.3 is 0 Å². The second-order valence-electron chi connectivity index (χ2n) is 6.31. The van der Waals surface area contributed by atoms with Gasteiger partial charge in [0, 0.05) is 25.6 Å². The molecule has 106 valence electrons. The van der Waals surface area contributed by atoms with Gasteiger partial charge in [-0.15, -0.1) is 0 Å². The van der Waals surface area contributed by atoms with Crippen molar-refractivity contribution < 1.29 is 4.74 Å². The lowest BCUT2D eigenvalue weighted by molar-refractivity contribution is 0.0163. The van der Waals surface area contributed by atoms with Crippen LogP contribution < -0.4 is 5.32 Å². The van der Waals surface area contributed by atoms with Crippen LogP contribution in [-0.2, 0) is 4.74 Å². The zero-order valence-electron chi connectivity index (χ0n) is 12.2. The summed E-state index contributed by atoms with van der Waals surface area (Å²) in [6.45, 7) is 9.28. The van der Waals surface area contributed by atoms with E-state index in [1.807, 2.05) is 7.11 Å². The Bertz CT molecular complexity index is 229. The van der Waals surface area contributed by atoms with Gasteiger partial charge in [-0.25, -0.2) is 0 Å². The molecular weight excluding hydrogens is 224 g/mol. The van der Waals surface area contributed by atoms with E-state index in [2.05, 4.69) is 17.1 Å². The molecule has 1 N–H and O–H groups in total. The molecule has 0 aromatic rings. The first-order valence-corrected chi connectivity index (χ1v) is 7.70.